The summed E-state index contributed by atoms with van der Waals surface area (Å²) in [5, 5.41) is 4.20. The lowest BCUT2D eigenvalue weighted by Crippen LogP contribution is -2.50. The molecule has 6 nitrogen and oxygen atoms in total. The van der Waals surface area contributed by atoms with Crippen LogP contribution in [0.25, 0.3) is 10.9 Å². The lowest BCUT2D eigenvalue weighted by atomic mass is 9.80. The van der Waals surface area contributed by atoms with Crippen molar-refractivity contribution < 1.29 is 13.2 Å². The summed E-state index contributed by atoms with van der Waals surface area (Å²) >= 11 is 0. The largest absolute Gasteiger partial charge is 0.361 e. The Morgan fingerprint density at radius 3 is 2.96 bits per heavy atom. The van der Waals surface area contributed by atoms with Gasteiger partial charge in [0.15, 0.2) is 9.84 Å². The Morgan fingerprint density at radius 2 is 2.15 bits per heavy atom. The van der Waals surface area contributed by atoms with E-state index in [1.54, 1.807) is 4.90 Å². The van der Waals surface area contributed by atoms with Gasteiger partial charge in [0.1, 0.15) is 0 Å². The third kappa shape index (κ3) is 3.45. The summed E-state index contributed by atoms with van der Waals surface area (Å²) < 4.78 is 23.7. The number of aromatic amines is 1. The fraction of sp³-hybridized carbons (Fsp3) is 0.526. The number of aromatic nitrogens is 1. The van der Waals surface area contributed by atoms with Crippen LogP contribution in [-0.2, 0) is 16.3 Å². The van der Waals surface area contributed by atoms with Gasteiger partial charge in [0, 0.05) is 42.1 Å². The number of amides is 2. The number of rotatable bonds is 3. The zero-order valence-corrected chi connectivity index (χ0v) is 15.6. The summed E-state index contributed by atoms with van der Waals surface area (Å²) in [5.74, 6) is 0.502. The fourth-order valence-electron chi connectivity index (χ4n) is 4.47. The van der Waals surface area contributed by atoms with E-state index in [4.69, 9.17) is 0 Å². The average Bonchev–Trinajstić information content (AvgIpc) is 3.20. The molecule has 0 radical (unpaired) electrons. The number of carbonyl (C=O) groups excluding carboxylic acids is 1. The number of likely N-dealkylation sites (tertiary alicyclic amines) is 1. The van der Waals surface area contributed by atoms with Crippen molar-refractivity contribution in [3.05, 3.63) is 36.0 Å². The summed E-state index contributed by atoms with van der Waals surface area (Å²) in [5.41, 5.74) is 2.10. The predicted octanol–water partition coefficient (Wildman–Crippen LogP) is 2.32. The molecule has 2 N–H and O–H groups in total. The van der Waals surface area contributed by atoms with E-state index in [2.05, 4.69) is 22.4 Å². The Kier molecular flexibility index (Phi) is 4.42. The van der Waals surface area contributed by atoms with Crippen molar-refractivity contribution in [3.8, 4) is 0 Å². The molecule has 0 saturated carbocycles. The first-order chi connectivity index (χ1) is 12.5. The normalized spacial score (nSPS) is 25.0. The van der Waals surface area contributed by atoms with Crippen molar-refractivity contribution in [1.82, 2.24) is 15.2 Å². The number of fused-ring (bicyclic) bond motifs is 1. The van der Waals surface area contributed by atoms with Crippen molar-refractivity contribution in [2.75, 3.05) is 31.1 Å². The van der Waals surface area contributed by atoms with E-state index in [9.17, 15) is 13.2 Å². The summed E-state index contributed by atoms with van der Waals surface area (Å²) in [4.78, 5) is 17.6. The second-order valence-electron chi connectivity index (χ2n) is 7.71. The zero-order chi connectivity index (χ0) is 18.2. The standard InChI is InChI=1S/C19H25N3O3S/c23-18(21-9-5-15-3-1-4-17-16(15)6-10-20-17)22-11-2-7-19(13-22)8-12-26(24,25)14-19/h1,3-4,6,10,20H,2,5,7-9,11-14H2,(H,21,23)/t19-/m1/s1. The third-order valence-corrected chi connectivity index (χ3v) is 7.65. The maximum atomic E-state index is 12.6. The Hall–Kier alpha value is -2.02. The molecule has 140 valence electrons. The molecule has 26 heavy (non-hydrogen) atoms. The van der Waals surface area contributed by atoms with Crippen LogP contribution in [0.2, 0.25) is 0 Å². The van der Waals surface area contributed by atoms with Crippen LogP contribution < -0.4 is 5.32 Å². The van der Waals surface area contributed by atoms with Crippen molar-refractivity contribution in [2.24, 2.45) is 5.41 Å². The number of nitrogens with zero attached hydrogens (tertiary/aromatic N) is 1. The van der Waals surface area contributed by atoms with Crippen LogP contribution >= 0.6 is 0 Å². The highest BCUT2D eigenvalue weighted by atomic mass is 32.2. The van der Waals surface area contributed by atoms with Gasteiger partial charge in [-0.25, -0.2) is 13.2 Å². The van der Waals surface area contributed by atoms with Crippen molar-refractivity contribution in [2.45, 2.75) is 25.7 Å². The maximum Gasteiger partial charge on any atom is 0.317 e. The quantitative estimate of drug-likeness (QED) is 0.864. The Bertz CT molecular complexity index is 921. The number of sulfone groups is 1. The third-order valence-electron chi connectivity index (χ3n) is 5.77. The summed E-state index contributed by atoms with van der Waals surface area (Å²) in [6, 6.07) is 8.13. The summed E-state index contributed by atoms with van der Waals surface area (Å²) in [7, 11) is -2.93. The number of hydrogen-bond acceptors (Lipinski definition) is 3. The molecular formula is C19H25N3O3S. The fourth-order valence-corrected chi connectivity index (χ4v) is 6.67. The first kappa shape index (κ1) is 17.4. The number of hydrogen-bond donors (Lipinski definition) is 2. The molecule has 4 rings (SSSR count). The van der Waals surface area contributed by atoms with Crippen molar-refractivity contribution in [1.29, 1.82) is 0 Å². The van der Waals surface area contributed by atoms with Gasteiger partial charge in [0.05, 0.1) is 11.5 Å². The minimum atomic E-state index is -2.93. The number of carbonyl (C=O) groups is 1. The molecule has 2 saturated heterocycles. The van der Waals surface area contributed by atoms with Crippen LogP contribution in [0.1, 0.15) is 24.8 Å². The second kappa shape index (κ2) is 6.61. The smallest absolute Gasteiger partial charge is 0.317 e. The molecule has 1 spiro atoms. The van der Waals surface area contributed by atoms with Gasteiger partial charge in [0.25, 0.3) is 0 Å². The lowest BCUT2D eigenvalue weighted by molar-refractivity contribution is 0.122. The molecule has 1 aromatic carbocycles. The van der Waals surface area contributed by atoms with Crippen LogP contribution in [0.5, 0.6) is 0 Å². The number of nitrogens with one attached hydrogen (secondary N) is 2. The number of benzene rings is 1. The van der Waals surface area contributed by atoms with Gasteiger partial charge in [-0.2, -0.15) is 0 Å². The Morgan fingerprint density at radius 1 is 1.27 bits per heavy atom. The Labute approximate surface area is 153 Å². The predicted molar refractivity (Wildman–Crippen MR) is 102 cm³/mol. The van der Waals surface area contributed by atoms with Crippen LogP contribution in [0.15, 0.2) is 30.5 Å². The molecule has 2 fully saturated rings. The van der Waals surface area contributed by atoms with Crippen LogP contribution in [0.4, 0.5) is 4.79 Å². The molecule has 0 unspecified atom stereocenters. The maximum absolute atomic E-state index is 12.6. The molecule has 2 aliphatic heterocycles. The van der Waals surface area contributed by atoms with E-state index in [0.29, 0.717) is 26.1 Å². The first-order valence-electron chi connectivity index (χ1n) is 9.25. The molecule has 2 amide bonds. The van der Waals surface area contributed by atoms with E-state index in [-0.39, 0.29) is 23.0 Å². The van der Waals surface area contributed by atoms with Gasteiger partial charge in [-0.1, -0.05) is 12.1 Å². The summed E-state index contributed by atoms with van der Waals surface area (Å²) in [6.07, 6.45) is 5.18. The van der Waals surface area contributed by atoms with Gasteiger partial charge in [-0.3, -0.25) is 0 Å². The van der Waals surface area contributed by atoms with E-state index < -0.39 is 9.84 Å². The lowest BCUT2D eigenvalue weighted by Gasteiger charge is -2.39. The molecule has 7 heteroatoms. The molecule has 0 aliphatic carbocycles. The van der Waals surface area contributed by atoms with Crippen molar-refractivity contribution >= 4 is 26.8 Å². The van der Waals surface area contributed by atoms with E-state index in [0.717, 1.165) is 24.8 Å². The molecule has 2 aromatic rings. The highest BCUT2D eigenvalue weighted by Gasteiger charge is 2.45. The molecular weight excluding hydrogens is 350 g/mol. The van der Waals surface area contributed by atoms with E-state index in [1.807, 2.05) is 18.3 Å². The molecule has 0 bridgehead atoms. The van der Waals surface area contributed by atoms with Crippen molar-refractivity contribution in [3.63, 3.8) is 0 Å². The highest BCUT2D eigenvalue weighted by Crippen LogP contribution is 2.40. The van der Waals surface area contributed by atoms with Gasteiger partial charge in [-0.05, 0) is 43.4 Å². The van der Waals surface area contributed by atoms with Crippen LogP contribution in [-0.4, -0.2) is 55.5 Å². The molecule has 1 atom stereocenters. The zero-order valence-electron chi connectivity index (χ0n) is 14.8. The molecule has 1 aromatic heterocycles. The average molecular weight is 375 g/mol. The minimum absolute atomic E-state index is 0.0744. The van der Waals surface area contributed by atoms with Crippen LogP contribution in [0, 0.1) is 5.41 Å². The van der Waals surface area contributed by atoms with Gasteiger partial charge in [-0.15, -0.1) is 0 Å². The number of piperidine rings is 1. The summed E-state index contributed by atoms with van der Waals surface area (Å²) in [6.45, 7) is 1.84. The topological polar surface area (TPSA) is 82.3 Å². The number of H-pyrrole nitrogens is 1. The number of urea groups is 1. The van der Waals surface area contributed by atoms with Crippen LogP contribution in [0.3, 0.4) is 0 Å². The SMILES string of the molecule is O=C(NCCc1cccc2[nH]ccc12)N1CCC[C@@]2(CCS(=O)(=O)C2)C1. The van der Waals surface area contributed by atoms with Gasteiger partial charge < -0.3 is 15.2 Å². The highest BCUT2D eigenvalue weighted by molar-refractivity contribution is 7.91. The van der Waals surface area contributed by atoms with E-state index >= 15 is 0 Å². The minimum Gasteiger partial charge on any atom is -0.361 e. The van der Waals surface area contributed by atoms with Gasteiger partial charge in [0.2, 0.25) is 0 Å². The second-order valence-corrected chi connectivity index (χ2v) is 9.89. The molecule has 2 aliphatic rings. The van der Waals surface area contributed by atoms with E-state index in [1.165, 1.54) is 10.9 Å². The van der Waals surface area contributed by atoms with Gasteiger partial charge >= 0.3 is 6.03 Å². The monoisotopic (exact) mass is 375 g/mol. The Balaban J connectivity index is 1.34. The molecule has 3 heterocycles. The first-order valence-corrected chi connectivity index (χ1v) is 11.1.